The summed E-state index contributed by atoms with van der Waals surface area (Å²) in [5.41, 5.74) is -0.206. The molecule has 0 unspecified atom stereocenters. The Hall–Kier alpha value is -0.970. The van der Waals surface area contributed by atoms with Gasteiger partial charge in [-0.15, -0.1) is 0 Å². The third kappa shape index (κ3) is 1.92. The molecule has 0 aromatic carbocycles. The van der Waals surface area contributed by atoms with Crippen molar-refractivity contribution in [1.82, 2.24) is 4.98 Å². The Morgan fingerprint density at radius 1 is 1.64 bits per heavy atom. The van der Waals surface area contributed by atoms with Gasteiger partial charge in [-0.25, -0.2) is 13.8 Å². The third-order valence-electron chi connectivity index (χ3n) is 1.55. The molecule has 0 aliphatic rings. The Labute approximate surface area is 92.8 Å². The van der Waals surface area contributed by atoms with Crippen LogP contribution in [0, 0.1) is 14.9 Å². The molecule has 1 rings (SSSR count). The minimum atomic E-state index is -2.61. The van der Waals surface area contributed by atoms with Gasteiger partial charge in [0.1, 0.15) is 6.07 Å². The average molecular weight is 310 g/mol. The molecule has 1 heterocycles. The van der Waals surface area contributed by atoms with Crippen molar-refractivity contribution >= 4 is 22.6 Å². The number of hydrogen-bond acceptors (Lipinski definition) is 3. The number of rotatable bonds is 2. The first-order valence-corrected chi connectivity index (χ1v) is 4.60. The van der Waals surface area contributed by atoms with Gasteiger partial charge in [0.2, 0.25) is 0 Å². The first-order chi connectivity index (χ1) is 6.61. The number of ether oxygens (including phenoxy) is 1. The highest BCUT2D eigenvalue weighted by Crippen LogP contribution is 2.32. The van der Waals surface area contributed by atoms with Gasteiger partial charge in [0.25, 0.3) is 6.43 Å². The van der Waals surface area contributed by atoms with Crippen molar-refractivity contribution in [2.75, 3.05) is 7.11 Å². The van der Waals surface area contributed by atoms with Crippen LogP contribution in [0.3, 0.4) is 0 Å². The molecule has 1 aromatic rings. The molecule has 1 aromatic heterocycles. The summed E-state index contributed by atoms with van der Waals surface area (Å²) in [7, 11) is 1.31. The normalized spacial score (nSPS) is 10.0. The highest BCUT2D eigenvalue weighted by Gasteiger charge is 2.18. The topological polar surface area (TPSA) is 45.9 Å². The van der Waals surface area contributed by atoms with E-state index in [1.54, 1.807) is 28.7 Å². The van der Waals surface area contributed by atoms with Crippen LogP contribution in [0.1, 0.15) is 17.7 Å². The molecule has 0 saturated heterocycles. The molecule has 0 aliphatic carbocycles. The predicted octanol–water partition coefficient (Wildman–Crippen LogP) is 2.50. The van der Waals surface area contributed by atoms with Gasteiger partial charge in [0, 0.05) is 6.20 Å². The zero-order chi connectivity index (χ0) is 10.7. The molecule has 0 amide bonds. The van der Waals surface area contributed by atoms with Crippen LogP contribution in [0.4, 0.5) is 8.78 Å². The lowest BCUT2D eigenvalue weighted by molar-refractivity contribution is 0.149. The Bertz CT molecular complexity index is 390. The predicted molar refractivity (Wildman–Crippen MR) is 53.2 cm³/mol. The number of halogens is 3. The van der Waals surface area contributed by atoms with E-state index >= 15 is 0 Å². The summed E-state index contributed by atoms with van der Waals surface area (Å²) < 4.78 is 29.9. The van der Waals surface area contributed by atoms with Crippen molar-refractivity contribution in [1.29, 1.82) is 5.26 Å². The Morgan fingerprint density at radius 2 is 2.29 bits per heavy atom. The van der Waals surface area contributed by atoms with Crippen LogP contribution in [0.2, 0.25) is 0 Å². The van der Waals surface area contributed by atoms with Gasteiger partial charge in [-0.2, -0.15) is 5.26 Å². The standard InChI is InChI=1S/C8H5F2IN2O/c1-14-7-5(2-12)13-3-4(6(7)11)8(9)10/h3,8H,1H3. The fourth-order valence-corrected chi connectivity index (χ4v) is 1.75. The molecule has 0 saturated carbocycles. The van der Waals surface area contributed by atoms with E-state index in [4.69, 9.17) is 10.00 Å². The van der Waals surface area contributed by atoms with E-state index in [0.717, 1.165) is 6.20 Å². The van der Waals surface area contributed by atoms with Crippen molar-refractivity contribution < 1.29 is 13.5 Å². The maximum atomic E-state index is 12.4. The molecule has 0 fully saturated rings. The van der Waals surface area contributed by atoms with Crippen LogP contribution >= 0.6 is 22.6 Å². The zero-order valence-electron chi connectivity index (χ0n) is 7.09. The van der Waals surface area contributed by atoms with Crippen LogP contribution < -0.4 is 4.74 Å². The van der Waals surface area contributed by atoms with Crippen molar-refractivity contribution in [3.63, 3.8) is 0 Å². The number of methoxy groups -OCH3 is 1. The van der Waals surface area contributed by atoms with E-state index in [-0.39, 0.29) is 20.6 Å². The second kappa shape index (κ2) is 4.50. The zero-order valence-corrected chi connectivity index (χ0v) is 9.25. The quantitative estimate of drug-likeness (QED) is 0.789. The molecule has 74 valence electrons. The molecule has 0 radical (unpaired) electrons. The lowest BCUT2D eigenvalue weighted by atomic mass is 10.2. The fourth-order valence-electron chi connectivity index (χ4n) is 0.902. The highest BCUT2D eigenvalue weighted by molar-refractivity contribution is 14.1. The summed E-state index contributed by atoms with van der Waals surface area (Å²) in [6, 6.07) is 1.77. The summed E-state index contributed by atoms with van der Waals surface area (Å²) in [5, 5.41) is 8.62. The van der Waals surface area contributed by atoms with E-state index < -0.39 is 6.43 Å². The molecule has 0 bridgehead atoms. The fraction of sp³-hybridized carbons (Fsp3) is 0.250. The van der Waals surface area contributed by atoms with Crippen LogP contribution in [-0.4, -0.2) is 12.1 Å². The van der Waals surface area contributed by atoms with Crippen LogP contribution in [0.25, 0.3) is 0 Å². The average Bonchev–Trinajstić information content (AvgIpc) is 2.16. The minimum absolute atomic E-state index is 0.0151. The van der Waals surface area contributed by atoms with E-state index in [1.165, 1.54) is 7.11 Å². The summed E-state index contributed by atoms with van der Waals surface area (Å²) >= 11 is 1.71. The van der Waals surface area contributed by atoms with Gasteiger partial charge in [0.15, 0.2) is 11.4 Å². The first-order valence-electron chi connectivity index (χ1n) is 3.52. The summed E-state index contributed by atoms with van der Waals surface area (Å²) in [6.45, 7) is 0. The maximum absolute atomic E-state index is 12.4. The SMILES string of the molecule is COc1c(C#N)ncc(C(F)F)c1I. The Kier molecular flexibility index (Phi) is 3.57. The smallest absolute Gasteiger partial charge is 0.266 e. The van der Waals surface area contributed by atoms with Crippen molar-refractivity contribution in [3.05, 3.63) is 21.0 Å². The Balaban J connectivity index is 3.37. The molecular formula is C8H5F2IN2O. The molecule has 0 atom stereocenters. The third-order valence-corrected chi connectivity index (χ3v) is 2.66. The summed E-state index contributed by atoms with van der Waals surface area (Å²) in [6.07, 6.45) is -1.62. The molecule has 14 heavy (non-hydrogen) atoms. The molecular weight excluding hydrogens is 305 g/mol. The lowest BCUT2D eigenvalue weighted by Gasteiger charge is -2.08. The van der Waals surface area contributed by atoms with E-state index in [2.05, 4.69) is 4.98 Å². The highest BCUT2D eigenvalue weighted by atomic mass is 127. The molecule has 3 nitrogen and oxygen atoms in total. The number of nitrogens with zero attached hydrogens (tertiary/aromatic N) is 2. The minimum Gasteiger partial charge on any atom is -0.493 e. The van der Waals surface area contributed by atoms with Crippen LogP contribution in [0.5, 0.6) is 5.75 Å². The van der Waals surface area contributed by atoms with Crippen molar-refractivity contribution in [2.45, 2.75) is 6.43 Å². The number of pyridine rings is 1. The van der Waals surface area contributed by atoms with Gasteiger partial charge in [-0.1, -0.05) is 0 Å². The van der Waals surface area contributed by atoms with Gasteiger partial charge >= 0.3 is 0 Å². The largest absolute Gasteiger partial charge is 0.493 e. The Morgan fingerprint density at radius 3 is 2.71 bits per heavy atom. The lowest BCUT2D eigenvalue weighted by Crippen LogP contribution is -1.99. The van der Waals surface area contributed by atoms with E-state index in [0.29, 0.717) is 0 Å². The van der Waals surface area contributed by atoms with Gasteiger partial charge in [-0.3, -0.25) is 0 Å². The second-order valence-electron chi connectivity index (χ2n) is 2.32. The van der Waals surface area contributed by atoms with Crippen molar-refractivity contribution in [3.8, 4) is 11.8 Å². The molecule has 0 aliphatic heterocycles. The van der Waals surface area contributed by atoms with Gasteiger partial charge in [0.05, 0.1) is 16.2 Å². The molecule has 6 heteroatoms. The molecule has 0 N–H and O–H groups in total. The maximum Gasteiger partial charge on any atom is 0.266 e. The monoisotopic (exact) mass is 310 g/mol. The van der Waals surface area contributed by atoms with Gasteiger partial charge in [-0.05, 0) is 22.6 Å². The second-order valence-corrected chi connectivity index (χ2v) is 3.40. The molecule has 0 spiro atoms. The van der Waals surface area contributed by atoms with Crippen molar-refractivity contribution in [2.24, 2.45) is 0 Å². The first kappa shape index (κ1) is 11.1. The van der Waals surface area contributed by atoms with E-state index in [1.807, 2.05) is 0 Å². The number of aromatic nitrogens is 1. The number of nitriles is 1. The van der Waals surface area contributed by atoms with Crippen LogP contribution in [0.15, 0.2) is 6.20 Å². The summed E-state index contributed by atoms with van der Waals surface area (Å²) in [4.78, 5) is 3.58. The van der Waals surface area contributed by atoms with Gasteiger partial charge < -0.3 is 4.74 Å². The number of hydrogen-bond donors (Lipinski definition) is 0. The van der Waals surface area contributed by atoms with Crippen LogP contribution in [-0.2, 0) is 0 Å². The van der Waals surface area contributed by atoms with E-state index in [9.17, 15) is 8.78 Å². The summed E-state index contributed by atoms with van der Waals surface area (Å²) in [5.74, 6) is 0.103. The number of alkyl halides is 2.